The molecule has 0 aromatic heterocycles. The fraction of sp³-hybridized carbons (Fsp3) is 0.286. The molecule has 8 nitrogen and oxygen atoms in total. The van der Waals surface area contributed by atoms with Gasteiger partial charge in [-0.05, 0) is 78.9 Å². The molecule has 0 radical (unpaired) electrons. The van der Waals surface area contributed by atoms with Crippen LogP contribution in [0.2, 0.25) is 0 Å². The van der Waals surface area contributed by atoms with Crippen molar-refractivity contribution in [2.45, 2.75) is 39.2 Å². The summed E-state index contributed by atoms with van der Waals surface area (Å²) in [5.74, 6) is 0.576. The molecular formula is C28H35N5O3. The van der Waals surface area contributed by atoms with E-state index in [-0.39, 0.29) is 0 Å². The van der Waals surface area contributed by atoms with Crippen LogP contribution in [-0.2, 0) is 25.9 Å². The number of urea groups is 2. The molecule has 0 spiro atoms. The van der Waals surface area contributed by atoms with E-state index in [0.717, 1.165) is 55.6 Å². The maximum atomic E-state index is 11.5. The second-order valence-corrected chi connectivity index (χ2v) is 8.57. The predicted octanol–water partition coefficient (Wildman–Crippen LogP) is 4.57. The number of primary amides is 2. The maximum Gasteiger partial charge on any atom is 0.316 e. The van der Waals surface area contributed by atoms with E-state index in [4.69, 9.17) is 16.2 Å². The lowest BCUT2D eigenvalue weighted by molar-refractivity contribution is 0.258. The molecule has 36 heavy (non-hydrogen) atoms. The lowest BCUT2D eigenvalue weighted by atomic mass is 9.99. The van der Waals surface area contributed by atoms with Gasteiger partial charge in [-0.3, -0.25) is 0 Å². The molecular weight excluding hydrogens is 454 g/mol. The Labute approximate surface area is 212 Å². The molecule has 7 N–H and O–H groups in total. The number of nitrogens with one attached hydrogen (secondary N) is 3. The lowest BCUT2D eigenvalue weighted by Crippen LogP contribution is -2.22. The largest absolute Gasteiger partial charge is 0.487 e. The van der Waals surface area contributed by atoms with Crippen LogP contribution in [0.3, 0.4) is 0 Å². The number of amides is 4. The van der Waals surface area contributed by atoms with Gasteiger partial charge in [-0.2, -0.15) is 0 Å². The first kappa shape index (κ1) is 26.6. The third kappa shape index (κ3) is 8.63. The number of nitrogens with two attached hydrogens (primary N) is 2. The van der Waals surface area contributed by atoms with Crippen LogP contribution in [0.5, 0.6) is 5.75 Å². The van der Waals surface area contributed by atoms with E-state index in [9.17, 15) is 9.59 Å². The maximum absolute atomic E-state index is 11.5. The molecule has 0 heterocycles. The van der Waals surface area contributed by atoms with Gasteiger partial charge in [-0.25, -0.2) is 9.59 Å². The first-order valence-electron chi connectivity index (χ1n) is 12.2. The number of rotatable bonds is 13. The summed E-state index contributed by atoms with van der Waals surface area (Å²) < 4.78 is 5.92. The number of benzene rings is 3. The van der Waals surface area contributed by atoms with Crippen molar-refractivity contribution in [2.75, 3.05) is 23.7 Å². The lowest BCUT2D eigenvalue weighted by Gasteiger charge is -2.14. The molecule has 8 heteroatoms. The molecule has 3 aromatic carbocycles. The summed E-state index contributed by atoms with van der Waals surface area (Å²) in [6.07, 6.45) is 3.63. The number of hydrogen-bond donors (Lipinski definition) is 5. The topological polar surface area (TPSA) is 132 Å². The fourth-order valence-corrected chi connectivity index (χ4v) is 4.00. The first-order chi connectivity index (χ1) is 17.4. The van der Waals surface area contributed by atoms with Crippen LogP contribution < -0.4 is 32.2 Å². The molecule has 190 valence electrons. The zero-order valence-electron chi connectivity index (χ0n) is 20.7. The van der Waals surface area contributed by atoms with Gasteiger partial charge in [-0.15, -0.1) is 0 Å². The summed E-state index contributed by atoms with van der Waals surface area (Å²) in [6.45, 7) is 4.14. The molecule has 0 saturated carbocycles. The fourth-order valence-electron chi connectivity index (χ4n) is 4.00. The minimum absolute atomic E-state index is 0.398. The van der Waals surface area contributed by atoms with Crippen molar-refractivity contribution >= 4 is 23.4 Å². The van der Waals surface area contributed by atoms with Crippen molar-refractivity contribution in [3.8, 4) is 5.75 Å². The molecule has 0 saturated heterocycles. The third-order valence-electron chi connectivity index (χ3n) is 5.69. The Bertz CT molecular complexity index is 1150. The Balaban J connectivity index is 1.53. The highest BCUT2D eigenvalue weighted by atomic mass is 16.5. The van der Waals surface area contributed by atoms with Crippen LogP contribution in [-0.4, -0.2) is 25.2 Å². The van der Waals surface area contributed by atoms with Crippen LogP contribution in [0.4, 0.5) is 21.0 Å². The Hall–Kier alpha value is -4.04. The summed E-state index contributed by atoms with van der Waals surface area (Å²) >= 11 is 0. The van der Waals surface area contributed by atoms with Gasteiger partial charge in [0, 0.05) is 5.69 Å². The van der Waals surface area contributed by atoms with Crippen molar-refractivity contribution < 1.29 is 14.3 Å². The van der Waals surface area contributed by atoms with Gasteiger partial charge >= 0.3 is 12.1 Å². The first-order valence-corrected chi connectivity index (χ1v) is 12.2. The van der Waals surface area contributed by atoms with Crippen LogP contribution >= 0.6 is 0 Å². The van der Waals surface area contributed by atoms with E-state index in [2.05, 4.69) is 22.9 Å². The monoisotopic (exact) mass is 489 g/mol. The number of aryl methyl sites for hydroxylation is 1. The van der Waals surface area contributed by atoms with Crippen LogP contribution in [0.1, 0.15) is 35.6 Å². The average molecular weight is 490 g/mol. The van der Waals surface area contributed by atoms with E-state index in [1.54, 1.807) is 0 Å². The zero-order chi connectivity index (χ0) is 25.8. The average Bonchev–Trinajstić information content (AvgIpc) is 2.84. The second-order valence-electron chi connectivity index (χ2n) is 8.57. The van der Waals surface area contributed by atoms with E-state index in [0.29, 0.717) is 18.0 Å². The summed E-state index contributed by atoms with van der Waals surface area (Å²) in [6, 6.07) is 20.3. The molecule has 0 aliphatic heterocycles. The van der Waals surface area contributed by atoms with Crippen molar-refractivity contribution in [2.24, 2.45) is 11.5 Å². The number of carbonyl (C=O) groups is 2. The predicted molar refractivity (Wildman–Crippen MR) is 144 cm³/mol. The smallest absolute Gasteiger partial charge is 0.316 e. The molecule has 0 unspecified atom stereocenters. The number of hydrogen-bond acceptors (Lipinski definition) is 4. The summed E-state index contributed by atoms with van der Waals surface area (Å²) in [7, 11) is 0. The minimum Gasteiger partial charge on any atom is -0.487 e. The zero-order valence-corrected chi connectivity index (χ0v) is 20.7. The van der Waals surface area contributed by atoms with Gasteiger partial charge in [0.25, 0.3) is 0 Å². The summed E-state index contributed by atoms with van der Waals surface area (Å²) in [5.41, 5.74) is 16.5. The highest BCUT2D eigenvalue weighted by Gasteiger charge is 2.09. The highest BCUT2D eigenvalue weighted by Crippen LogP contribution is 2.27. The Morgan fingerprint density at radius 2 is 1.53 bits per heavy atom. The van der Waals surface area contributed by atoms with Crippen molar-refractivity contribution in [3.05, 3.63) is 89.0 Å². The molecule has 3 rings (SSSR count). The second kappa shape index (κ2) is 13.7. The molecule has 0 aliphatic carbocycles. The number of anilines is 2. The molecule has 3 aromatic rings. The SMILES string of the molecule is CCCc1cc(NC(N)=O)ccc1CCNCCc1ccc(OCc2ccccc2)c(NC(N)=O)c1. The van der Waals surface area contributed by atoms with Gasteiger partial charge in [-0.1, -0.05) is 55.8 Å². The van der Waals surface area contributed by atoms with Crippen molar-refractivity contribution in [1.29, 1.82) is 0 Å². The Kier molecular flexibility index (Phi) is 10.1. The number of ether oxygens (including phenoxy) is 1. The Morgan fingerprint density at radius 3 is 2.25 bits per heavy atom. The molecule has 4 amide bonds. The molecule has 0 bridgehead atoms. The van der Waals surface area contributed by atoms with Gasteiger partial charge in [0.2, 0.25) is 0 Å². The van der Waals surface area contributed by atoms with E-state index < -0.39 is 12.1 Å². The summed E-state index contributed by atoms with van der Waals surface area (Å²) in [4.78, 5) is 22.6. The van der Waals surface area contributed by atoms with Gasteiger partial charge < -0.3 is 32.2 Å². The summed E-state index contributed by atoms with van der Waals surface area (Å²) in [5, 5.41) is 8.80. The van der Waals surface area contributed by atoms with Crippen LogP contribution in [0.25, 0.3) is 0 Å². The van der Waals surface area contributed by atoms with Gasteiger partial charge in [0.1, 0.15) is 12.4 Å². The quantitative estimate of drug-likeness (QED) is 0.225. The van der Waals surface area contributed by atoms with Crippen LogP contribution in [0, 0.1) is 0 Å². The minimum atomic E-state index is -0.630. The molecule has 0 aliphatic rings. The number of carbonyl (C=O) groups excluding carboxylic acids is 2. The molecule has 0 atom stereocenters. The van der Waals surface area contributed by atoms with Crippen LogP contribution in [0.15, 0.2) is 66.7 Å². The van der Waals surface area contributed by atoms with Crippen molar-refractivity contribution in [1.82, 2.24) is 5.32 Å². The Morgan fingerprint density at radius 1 is 0.778 bits per heavy atom. The van der Waals surface area contributed by atoms with Gasteiger partial charge in [0.05, 0.1) is 5.69 Å². The third-order valence-corrected chi connectivity index (χ3v) is 5.69. The normalized spacial score (nSPS) is 10.6. The van der Waals surface area contributed by atoms with E-state index >= 15 is 0 Å². The van der Waals surface area contributed by atoms with Gasteiger partial charge in [0.15, 0.2) is 0 Å². The highest BCUT2D eigenvalue weighted by molar-refractivity contribution is 5.89. The molecule has 0 fully saturated rings. The van der Waals surface area contributed by atoms with E-state index in [1.165, 1.54) is 11.1 Å². The van der Waals surface area contributed by atoms with Crippen molar-refractivity contribution in [3.63, 3.8) is 0 Å². The standard InChI is InChI=1S/C28H35N5O3/c1-2-6-23-18-24(32-27(29)34)11-10-22(23)14-16-31-15-13-20-9-12-26(25(17-20)33-28(30)35)36-19-21-7-4-3-5-8-21/h3-5,7-12,17-18,31H,2,6,13-16,19H2,1H3,(H3,29,32,34)(H3,30,33,35). The van der Waals surface area contributed by atoms with E-state index in [1.807, 2.05) is 66.7 Å².